The molecule has 2 rings (SSSR count). The second-order valence-corrected chi connectivity index (χ2v) is 7.44. The van der Waals surface area contributed by atoms with Crippen LogP contribution in [-0.2, 0) is 9.47 Å². The normalized spacial score (nSPS) is 13.2. The summed E-state index contributed by atoms with van der Waals surface area (Å²) >= 11 is 1.35. The Bertz CT molecular complexity index is 814. The third-order valence-electron chi connectivity index (χ3n) is 4.21. The van der Waals surface area contributed by atoms with Crippen molar-refractivity contribution in [2.75, 3.05) is 26.8 Å². The largest absolute Gasteiger partial charge is 0.462 e. The number of benzene rings is 1. The van der Waals surface area contributed by atoms with Gasteiger partial charge in [0.1, 0.15) is 16.0 Å². The number of nitrogens with zero attached hydrogens (tertiary/aromatic N) is 2. The zero-order valence-electron chi connectivity index (χ0n) is 18.1. The average Bonchev–Trinajstić information content (AvgIpc) is 3.11. The minimum absolute atomic E-state index is 0. The van der Waals surface area contributed by atoms with Crippen molar-refractivity contribution in [2.24, 2.45) is 4.99 Å². The van der Waals surface area contributed by atoms with Gasteiger partial charge in [0.05, 0.1) is 24.9 Å². The Morgan fingerprint density at radius 3 is 2.57 bits per heavy atom. The SMILES string of the molecule is CCNC(=NCC(OC)c1ccccc1)NC(C)c1nc(C)c(C(=O)OCC)s1.I. The third kappa shape index (κ3) is 7.51. The van der Waals surface area contributed by atoms with Crippen molar-refractivity contribution in [1.29, 1.82) is 0 Å². The van der Waals surface area contributed by atoms with Gasteiger partial charge in [-0.2, -0.15) is 0 Å². The first-order valence-electron chi connectivity index (χ1n) is 9.77. The van der Waals surface area contributed by atoms with E-state index in [2.05, 4.69) is 20.6 Å². The van der Waals surface area contributed by atoms with E-state index in [0.717, 1.165) is 17.1 Å². The van der Waals surface area contributed by atoms with Gasteiger partial charge in [-0.05, 0) is 33.3 Å². The van der Waals surface area contributed by atoms with E-state index in [-0.39, 0.29) is 42.1 Å². The molecule has 2 N–H and O–H groups in total. The number of hydrogen-bond donors (Lipinski definition) is 2. The highest BCUT2D eigenvalue weighted by Crippen LogP contribution is 2.24. The molecular weight excluding hydrogens is 515 g/mol. The molecule has 2 unspecified atom stereocenters. The number of hydrogen-bond acceptors (Lipinski definition) is 6. The van der Waals surface area contributed by atoms with Crippen LogP contribution in [0.25, 0.3) is 0 Å². The molecule has 0 aliphatic carbocycles. The summed E-state index contributed by atoms with van der Waals surface area (Å²) in [6, 6.07) is 9.90. The van der Waals surface area contributed by atoms with Crippen molar-refractivity contribution in [3.05, 3.63) is 51.5 Å². The van der Waals surface area contributed by atoms with Gasteiger partial charge in [-0.25, -0.2) is 9.78 Å². The predicted molar refractivity (Wildman–Crippen MR) is 132 cm³/mol. The Morgan fingerprint density at radius 2 is 1.97 bits per heavy atom. The second-order valence-electron chi connectivity index (χ2n) is 6.41. The molecule has 9 heteroatoms. The van der Waals surface area contributed by atoms with Crippen LogP contribution in [0, 0.1) is 6.92 Å². The molecular formula is C21H31IN4O3S. The van der Waals surface area contributed by atoms with Crippen molar-refractivity contribution >= 4 is 47.2 Å². The summed E-state index contributed by atoms with van der Waals surface area (Å²) in [5.74, 6) is 0.343. The topological polar surface area (TPSA) is 84.8 Å². The van der Waals surface area contributed by atoms with Gasteiger partial charge in [-0.1, -0.05) is 30.3 Å². The molecule has 2 aromatic rings. The lowest BCUT2D eigenvalue weighted by Crippen LogP contribution is -2.39. The van der Waals surface area contributed by atoms with Crippen molar-refractivity contribution in [3.8, 4) is 0 Å². The van der Waals surface area contributed by atoms with Crippen LogP contribution in [0.1, 0.15) is 58.9 Å². The number of nitrogens with one attached hydrogen (secondary N) is 2. The summed E-state index contributed by atoms with van der Waals surface area (Å²) in [6.07, 6.45) is -0.125. The van der Waals surface area contributed by atoms with Crippen molar-refractivity contribution < 1.29 is 14.3 Å². The monoisotopic (exact) mass is 546 g/mol. The Labute approximate surface area is 199 Å². The molecule has 0 aliphatic rings. The highest BCUT2D eigenvalue weighted by molar-refractivity contribution is 14.0. The van der Waals surface area contributed by atoms with Gasteiger partial charge in [0, 0.05) is 13.7 Å². The molecule has 1 heterocycles. The maximum Gasteiger partial charge on any atom is 0.350 e. The number of guanidine groups is 1. The highest BCUT2D eigenvalue weighted by Gasteiger charge is 2.20. The van der Waals surface area contributed by atoms with Gasteiger partial charge in [0.15, 0.2) is 5.96 Å². The van der Waals surface area contributed by atoms with E-state index >= 15 is 0 Å². The molecule has 0 amide bonds. The van der Waals surface area contributed by atoms with Crippen molar-refractivity contribution in [1.82, 2.24) is 15.6 Å². The first-order chi connectivity index (χ1) is 14.0. The fraction of sp³-hybridized carbons (Fsp3) is 0.476. The second kappa shape index (κ2) is 13.6. The molecule has 0 radical (unpaired) electrons. The standard InChI is InChI=1S/C21H30N4O3S.HI/c1-6-22-21(23-13-17(27-5)16-11-9-8-10-12-16)25-15(4)19-24-14(3)18(29-19)20(26)28-7-2;/h8-12,15,17H,6-7,13H2,1-5H3,(H2,22,23,25);1H. The number of thiazole rings is 1. The lowest BCUT2D eigenvalue weighted by Gasteiger charge is -2.18. The van der Waals surface area contributed by atoms with Crippen LogP contribution < -0.4 is 10.6 Å². The van der Waals surface area contributed by atoms with Crippen LogP contribution in [0.15, 0.2) is 35.3 Å². The van der Waals surface area contributed by atoms with E-state index in [4.69, 9.17) is 9.47 Å². The summed E-state index contributed by atoms with van der Waals surface area (Å²) in [7, 11) is 1.69. The fourth-order valence-corrected chi connectivity index (χ4v) is 3.70. The van der Waals surface area contributed by atoms with Gasteiger partial charge in [-0.3, -0.25) is 4.99 Å². The molecule has 2 atom stereocenters. The van der Waals surface area contributed by atoms with Gasteiger partial charge >= 0.3 is 5.97 Å². The summed E-state index contributed by atoms with van der Waals surface area (Å²) < 4.78 is 10.7. The summed E-state index contributed by atoms with van der Waals surface area (Å²) in [4.78, 5) is 21.8. The minimum Gasteiger partial charge on any atom is -0.462 e. The highest BCUT2D eigenvalue weighted by atomic mass is 127. The molecule has 0 saturated heterocycles. The van der Waals surface area contributed by atoms with E-state index in [1.807, 2.05) is 51.1 Å². The number of ether oxygens (including phenoxy) is 2. The van der Waals surface area contributed by atoms with Gasteiger partial charge in [0.25, 0.3) is 0 Å². The van der Waals surface area contributed by atoms with Crippen molar-refractivity contribution in [2.45, 2.75) is 39.8 Å². The summed E-state index contributed by atoms with van der Waals surface area (Å²) in [6.45, 7) is 9.17. The van der Waals surface area contributed by atoms with E-state index in [9.17, 15) is 4.79 Å². The van der Waals surface area contributed by atoms with E-state index < -0.39 is 0 Å². The fourth-order valence-electron chi connectivity index (χ4n) is 2.73. The lowest BCUT2D eigenvalue weighted by atomic mass is 10.1. The van der Waals surface area contributed by atoms with Crippen LogP contribution in [0.2, 0.25) is 0 Å². The first kappa shape index (κ1) is 26.3. The van der Waals surface area contributed by atoms with Crippen LogP contribution in [0.3, 0.4) is 0 Å². The lowest BCUT2D eigenvalue weighted by molar-refractivity contribution is 0.0531. The summed E-state index contributed by atoms with van der Waals surface area (Å²) in [5, 5.41) is 7.41. The van der Waals surface area contributed by atoms with Gasteiger partial charge in [-0.15, -0.1) is 35.3 Å². The molecule has 7 nitrogen and oxygen atoms in total. The van der Waals surface area contributed by atoms with E-state index in [1.165, 1.54) is 11.3 Å². The van der Waals surface area contributed by atoms with Crippen molar-refractivity contribution in [3.63, 3.8) is 0 Å². The predicted octanol–water partition coefficient (Wildman–Crippen LogP) is 4.25. The first-order valence-corrected chi connectivity index (χ1v) is 10.6. The molecule has 0 spiro atoms. The molecule has 166 valence electrons. The quantitative estimate of drug-likeness (QED) is 0.212. The molecule has 0 aliphatic heterocycles. The van der Waals surface area contributed by atoms with Crippen LogP contribution in [-0.4, -0.2) is 43.7 Å². The Balaban J connectivity index is 0.00000450. The number of halogens is 1. The van der Waals surface area contributed by atoms with Crippen LogP contribution >= 0.6 is 35.3 Å². The number of rotatable bonds is 9. The Hall–Kier alpha value is -1.72. The smallest absolute Gasteiger partial charge is 0.350 e. The maximum absolute atomic E-state index is 12.0. The van der Waals surface area contributed by atoms with E-state index in [1.54, 1.807) is 14.0 Å². The average molecular weight is 546 g/mol. The minimum atomic E-state index is -0.327. The molecule has 30 heavy (non-hydrogen) atoms. The van der Waals surface area contributed by atoms with Gasteiger partial charge in [0.2, 0.25) is 0 Å². The number of carbonyl (C=O) groups is 1. The molecule has 0 saturated carbocycles. The molecule has 0 fully saturated rings. The number of aliphatic imine (C=N–C) groups is 1. The maximum atomic E-state index is 12.0. The number of aryl methyl sites for hydroxylation is 1. The number of esters is 1. The Kier molecular flexibility index (Phi) is 11.9. The van der Waals surface area contributed by atoms with Crippen LogP contribution in [0.4, 0.5) is 0 Å². The zero-order valence-corrected chi connectivity index (χ0v) is 21.2. The number of aromatic nitrogens is 1. The molecule has 1 aromatic heterocycles. The number of methoxy groups -OCH3 is 1. The molecule has 0 bridgehead atoms. The molecule has 1 aromatic carbocycles. The van der Waals surface area contributed by atoms with Gasteiger partial charge < -0.3 is 20.1 Å². The van der Waals surface area contributed by atoms with E-state index in [0.29, 0.717) is 29.7 Å². The third-order valence-corrected chi connectivity index (χ3v) is 5.53. The van der Waals surface area contributed by atoms with Crippen LogP contribution in [0.5, 0.6) is 0 Å². The number of carbonyl (C=O) groups excluding carboxylic acids is 1. The summed E-state index contributed by atoms with van der Waals surface area (Å²) in [5.41, 5.74) is 1.76. The zero-order chi connectivity index (χ0) is 21.2. The Morgan fingerprint density at radius 1 is 1.27 bits per heavy atom.